The normalized spacial score (nSPS) is 13.6. The molecule has 3 aromatic carbocycles. The second-order valence-corrected chi connectivity index (χ2v) is 12.9. The summed E-state index contributed by atoms with van der Waals surface area (Å²) in [5.41, 5.74) is 5.68. The Kier molecular flexibility index (Phi) is 10.4. The molecule has 1 heterocycles. The molecule has 1 amide bonds. The molecule has 0 spiro atoms. The predicted molar refractivity (Wildman–Crippen MR) is 165 cm³/mol. The summed E-state index contributed by atoms with van der Waals surface area (Å²) in [7, 11) is 0. The maximum atomic E-state index is 12.1. The molecule has 1 aliphatic heterocycles. The van der Waals surface area contributed by atoms with Gasteiger partial charge < -0.3 is 14.6 Å². The van der Waals surface area contributed by atoms with Crippen molar-refractivity contribution in [3.8, 4) is 11.5 Å². The first-order chi connectivity index (χ1) is 17.9. The highest BCUT2D eigenvalue weighted by Gasteiger charge is 2.18. The van der Waals surface area contributed by atoms with Crippen LogP contribution in [0.3, 0.4) is 0 Å². The Balaban J connectivity index is 1.25. The van der Waals surface area contributed by atoms with E-state index in [0.29, 0.717) is 16.9 Å². The summed E-state index contributed by atoms with van der Waals surface area (Å²) in [6, 6.07) is 18.3. The third-order valence-corrected chi connectivity index (χ3v) is 9.86. The molecular weight excluding hydrogens is 738 g/mol. The average molecular weight is 760 g/mol. The summed E-state index contributed by atoms with van der Waals surface area (Å²) in [5, 5.41) is 13.1. The van der Waals surface area contributed by atoms with E-state index in [2.05, 4.69) is 55.7 Å². The van der Waals surface area contributed by atoms with Gasteiger partial charge in [0.2, 0.25) is 0 Å². The number of carbonyl (C=O) groups is 2. The van der Waals surface area contributed by atoms with E-state index in [4.69, 9.17) is 14.6 Å². The quantitative estimate of drug-likeness (QED) is 0.145. The summed E-state index contributed by atoms with van der Waals surface area (Å²) >= 11 is 8.28. The Morgan fingerprint density at radius 2 is 1.65 bits per heavy atom. The highest BCUT2D eigenvalue weighted by molar-refractivity contribution is 14.1. The van der Waals surface area contributed by atoms with Crippen LogP contribution in [0.25, 0.3) is 0 Å². The third kappa shape index (κ3) is 8.26. The van der Waals surface area contributed by atoms with Crippen LogP contribution in [0.15, 0.2) is 65.8 Å². The molecule has 1 aliphatic rings. The van der Waals surface area contributed by atoms with E-state index in [1.54, 1.807) is 30.5 Å². The number of benzene rings is 3. The summed E-state index contributed by atoms with van der Waals surface area (Å²) in [4.78, 5) is 23.1. The highest BCUT2D eigenvalue weighted by Crippen LogP contribution is 2.45. The number of carboxylic acids is 1. The fourth-order valence-corrected chi connectivity index (χ4v) is 8.31. The number of halogens is 2. The molecule has 2 N–H and O–H groups in total. The molecule has 1 saturated heterocycles. The van der Waals surface area contributed by atoms with Gasteiger partial charge in [0.25, 0.3) is 5.91 Å². The van der Waals surface area contributed by atoms with Crippen molar-refractivity contribution in [2.45, 2.75) is 11.2 Å². The first-order valence-corrected chi connectivity index (χ1v) is 15.4. The van der Waals surface area contributed by atoms with Crippen LogP contribution in [0.4, 0.5) is 0 Å². The van der Waals surface area contributed by atoms with Gasteiger partial charge >= 0.3 is 5.97 Å². The smallest absolute Gasteiger partial charge is 0.335 e. The minimum atomic E-state index is -0.958. The number of nitrogens with one attached hydrogen (secondary N) is 1. The van der Waals surface area contributed by atoms with Gasteiger partial charge in [-0.1, -0.05) is 24.3 Å². The summed E-state index contributed by atoms with van der Waals surface area (Å²) in [6.07, 6.45) is 1.57. The van der Waals surface area contributed by atoms with Crippen molar-refractivity contribution in [3.63, 3.8) is 0 Å². The lowest BCUT2D eigenvalue weighted by atomic mass is 10.1. The number of ether oxygens (including phenoxy) is 2. The molecule has 37 heavy (non-hydrogen) atoms. The van der Waals surface area contributed by atoms with Crippen LogP contribution in [0.1, 0.15) is 31.6 Å². The number of aromatic carboxylic acids is 1. The Morgan fingerprint density at radius 1 is 1.00 bits per heavy atom. The first kappa shape index (κ1) is 28.0. The summed E-state index contributed by atoms with van der Waals surface area (Å²) in [5.74, 6) is 2.43. The molecule has 0 bridgehead atoms. The van der Waals surface area contributed by atoms with Crippen LogP contribution in [-0.4, -0.2) is 41.3 Å². The molecule has 7 nitrogen and oxygen atoms in total. The van der Waals surface area contributed by atoms with Gasteiger partial charge in [0, 0.05) is 11.5 Å². The van der Waals surface area contributed by atoms with E-state index in [1.165, 1.54) is 17.1 Å². The molecule has 0 atom stereocenters. The minimum Gasteiger partial charge on any atom is -0.487 e. The Hall–Kier alpha value is -1.97. The van der Waals surface area contributed by atoms with E-state index < -0.39 is 5.97 Å². The topological polar surface area (TPSA) is 97.2 Å². The number of rotatable bonds is 10. The Morgan fingerprint density at radius 3 is 2.27 bits per heavy atom. The third-order valence-electron chi connectivity index (χ3n) is 5.15. The zero-order chi connectivity index (χ0) is 26.2. The standard InChI is InChI=1S/C26H22I2N2O5S2/c27-21-11-17(12-22(28)24(21)35-14-16-1-3-18(4-2-16)25(32)33)13-29-30-23(31)15-34-20-7-5-19(6-8-20)26-36-9-10-37-26/h1-8,11-13,26H,9-10,14-15H2,(H,30,31)(H,32,33)/b29-13-. The average Bonchev–Trinajstić information content (AvgIpc) is 3.43. The van der Waals surface area contributed by atoms with Crippen molar-refractivity contribution in [2.24, 2.45) is 5.10 Å². The van der Waals surface area contributed by atoms with Gasteiger partial charge in [-0.15, -0.1) is 23.5 Å². The van der Waals surface area contributed by atoms with Gasteiger partial charge in [-0.3, -0.25) is 4.79 Å². The molecule has 0 saturated carbocycles. The molecule has 0 radical (unpaired) electrons. The maximum Gasteiger partial charge on any atom is 0.335 e. The van der Waals surface area contributed by atoms with Gasteiger partial charge in [0.15, 0.2) is 6.61 Å². The maximum absolute atomic E-state index is 12.1. The number of amides is 1. The van der Waals surface area contributed by atoms with Crippen LogP contribution in [-0.2, 0) is 11.4 Å². The highest BCUT2D eigenvalue weighted by atomic mass is 127. The molecular formula is C26H22I2N2O5S2. The fraction of sp³-hybridized carbons (Fsp3) is 0.192. The number of thioether (sulfide) groups is 2. The predicted octanol–water partition coefficient (Wildman–Crippen LogP) is 6.18. The van der Waals surface area contributed by atoms with Crippen molar-refractivity contribution in [2.75, 3.05) is 18.1 Å². The van der Waals surface area contributed by atoms with Crippen molar-refractivity contribution < 1.29 is 24.2 Å². The van der Waals surface area contributed by atoms with Crippen molar-refractivity contribution in [1.29, 1.82) is 0 Å². The zero-order valence-electron chi connectivity index (χ0n) is 19.4. The van der Waals surface area contributed by atoms with Crippen molar-refractivity contribution >= 4 is 86.8 Å². The lowest BCUT2D eigenvalue weighted by molar-refractivity contribution is -0.123. The number of carbonyl (C=O) groups excluding carboxylic acids is 1. The van der Waals surface area contributed by atoms with Crippen LogP contribution in [0, 0.1) is 7.14 Å². The summed E-state index contributed by atoms with van der Waals surface area (Å²) in [6.45, 7) is 0.190. The molecule has 1 fully saturated rings. The molecule has 3 aromatic rings. The molecule has 4 rings (SSSR count). The number of hydrazone groups is 1. The lowest BCUT2D eigenvalue weighted by Gasteiger charge is -2.12. The largest absolute Gasteiger partial charge is 0.487 e. The van der Waals surface area contributed by atoms with E-state index in [1.807, 2.05) is 59.9 Å². The van der Waals surface area contributed by atoms with Crippen molar-refractivity contribution in [1.82, 2.24) is 5.43 Å². The van der Waals surface area contributed by atoms with Gasteiger partial charge in [0.1, 0.15) is 18.1 Å². The number of nitrogens with zero attached hydrogens (tertiary/aromatic N) is 1. The molecule has 11 heteroatoms. The van der Waals surface area contributed by atoms with Crippen LogP contribution >= 0.6 is 68.7 Å². The second kappa shape index (κ2) is 13.7. The van der Waals surface area contributed by atoms with E-state index >= 15 is 0 Å². The zero-order valence-corrected chi connectivity index (χ0v) is 25.3. The molecule has 0 aliphatic carbocycles. The van der Waals surface area contributed by atoms with E-state index in [-0.39, 0.29) is 18.1 Å². The SMILES string of the molecule is O=C(COc1ccc(C2SCCS2)cc1)N/N=C\c1cc(I)c(OCc2ccc(C(=O)O)cc2)c(I)c1. The number of hydrogen-bond acceptors (Lipinski definition) is 7. The monoisotopic (exact) mass is 760 g/mol. The second-order valence-electron chi connectivity index (χ2n) is 7.83. The molecule has 192 valence electrons. The Bertz CT molecular complexity index is 1260. The molecule has 0 unspecified atom stereocenters. The fourth-order valence-electron chi connectivity index (χ4n) is 3.32. The van der Waals surface area contributed by atoms with Gasteiger partial charge in [-0.25, -0.2) is 10.2 Å². The van der Waals surface area contributed by atoms with Crippen LogP contribution < -0.4 is 14.9 Å². The van der Waals surface area contributed by atoms with Crippen molar-refractivity contribution in [3.05, 3.63) is 90.1 Å². The van der Waals surface area contributed by atoms with E-state index in [0.717, 1.165) is 24.0 Å². The van der Waals surface area contributed by atoms with Crippen LogP contribution in [0.5, 0.6) is 11.5 Å². The van der Waals surface area contributed by atoms with Gasteiger partial charge in [-0.05, 0) is 98.3 Å². The molecule has 0 aromatic heterocycles. The van der Waals surface area contributed by atoms with E-state index in [9.17, 15) is 9.59 Å². The summed E-state index contributed by atoms with van der Waals surface area (Å²) < 4.78 is 13.8. The number of carboxylic acid groups (broad SMARTS) is 1. The number of hydrogen-bond donors (Lipinski definition) is 2. The lowest BCUT2D eigenvalue weighted by Crippen LogP contribution is -2.24. The van der Waals surface area contributed by atoms with Gasteiger partial charge in [0.05, 0.1) is 23.5 Å². The first-order valence-electron chi connectivity index (χ1n) is 11.1. The Labute approximate surface area is 250 Å². The van der Waals surface area contributed by atoms with Crippen LogP contribution in [0.2, 0.25) is 0 Å². The minimum absolute atomic E-state index is 0.126. The van der Waals surface area contributed by atoms with Gasteiger partial charge in [-0.2, -0.15) is 5.10 Å².